The number of aromatic hydroxyl groups is 2. The number of unbranched alkanes of at least 4 members (excludes halogenated alkanes) is 1. The molecule has 0 bridgehead atoms. The molecule has 6 nitrogen and oxygen atoms in total. The van der Waals surface area contributed by atoms with Gasteiger partial charge in [-0.2, -0.15) is 9.15 Å². The number of benzene rings is 6. The molecule has 4 aliphatic heterocycles. The van der Waals surface area contributed by atoms with Crippen LogP contribution in [0.5, 0.6) is 11.5 Å². The van der Waals surface area contributed by atoms with E-state index in [-0.39, 0.29) is 21.7 Å². The second-order valence-electron chi connectivity index (χ2n) is 23.5. The van der Waals surface area contributed by atoms with E-state index in [1.54, 1.807) is 0 Å². The maximum atomic E-state index is 11.1. The Morgan fingerprint density at radius 1 is 0.463 bits per heavy atom. The van der Waals surface area contributed by atoms with E-state index < -0.39 is 0 Å². The Morgan fingerprint density at radius 2 is 0.825 bits per heavy atom. The Morgan fingerprint density at radius 3 is 1.21 bits per heavy atom. The van der Waals surface area contributed by atoms with Gasteiger partial charge in [-0.1, -0.05) is 174 Å². The summed E-state index contributed by atoms with van der Waals surface area (Å²) in [7, 11) is 8.78. The van der Waals surface area contributed by atoms with Gasteiger partial charge in [-0.15, -0.1) is 0 Å². The van der Waals surface area contributed by atoms with Crippen LogP contribution in [-0.2, 0) is 21.7 Å². The van der Waals surface area contributed by atoms with Crippen LogP contribution < -0.4 is 9.80 Å². The minimum Gasteiger partial charge on any atom is -0.508 e. The van der Waals surface area contributed by atoms with E-state index in [4.69, 9.17) is 0 Å². The molecule has 2 N–H and O–H groups in total. The number of aryl methyl sites for hydroxylation is 2. The fourth-order valence-corrected chi connectivity index (χ4v) is 14.8. The van der Waals surface area contributed by atoms with Gasteiger partial charge < -0.3 is 20.0 Å². The first-order valence-corrected chi connectivity index (χ1v) is 29.4. The molecule has 0 fully saturated rings. The predicted octanol–water partition coefficient (Wildman–Crippen LogP) is 17.8. The summed E-state index contributed by atoms with van der Waals surface area (Å²) >= 11 is 0. The van der Waals surface area contributed by atoms with E-state index >= 15 is 0 Å². The summed E-state index contributed by atoms with van der Waals surface area (Å²) in [4.78, 5) is 4.84. The van der Waals surface area contributed by atoms with Crippen LogP contribution in [-0.4, -0.2) is 59.0 Å². The van der Waals surface area contributed by atoms with Gasteiger partial charge in [0.05, 0.1) is 22.2 Å². The molecule has 0 saturated carbocycles. The number of fused-ring (bicyclic) bond motifs is 8. The van der Waals surface area contributed by atoms with Gasteiger partial charge in [-0.3, -0.25) is 0 Å². The highest BCUT2D eigenvalue weighted by molar-refractivity contribution is 6.05. The van der Waals surface area contributed by atoms with Crippen molar-refractivity contribution in [1.29, 1.82) is 0 Å². The topological polar surface area (TPSA) is 53.0 Å². The smallest absolute Gasteiger partial charge is 0.210 e. The number of hydrogen-bond acceptors (Lipinski definition) is 4. The molecular formula is C74H84N4O2+2. The Kier molecular flexibility index (Phi) is 15.4. The van der Waals surface area contributed by atoms with Gasteiger partial charge >= 0.3 is 0 Å². The fraction of sp³-hybridized carbons (Fsp3) is 0.324. The Bertz CT molecular complexity index is 3500. The number of likely N-dealkylation sites (N-methyl/N-ethyl adjacent to an activating group) is 2. The van der Waals surface area contributed by atoms with E-state index in [2.05, 4.69) is 259 Å². The van der Waals surface area contributed by atoms with Crippen LogP contribution in [0.3, 0.4) is 0 Å². The molecule has 6 aromatic carbocycles. The van der Waals surface area contributed by atoms with E-state index in [9.17, 15) is 10.2 Å². The summed E-state index contributed by atoms with van der Waals surface area (Å²) < 4.78 is 4.64. The first-order valence-electron chi connectivity index (χ1n) is 29.4. The fourth-order valence-electron chi connectivity index (χ4n) is 14.8. The summed E-state index contributed by atoms with van der Waals surface area (Å²) in [6.07, 6.45) is 38.6. The number of allylic oxidation sites excluding steroid dienone is 16. The van der Waals surface area contributed by atoms with Crippen molar-refractivity contribution < 1.29 is 19.4 Å². The zero-order chi connectivity index (χ0) is 56.7. The largest absolute Gasteiger partial charge is 0.508 e. The van der Waals surface area contributed by atoms with Crippen molar-refractivity contribution >= 4 is 55.7 Å². The van der Waals surface area contributed by atoms with E-state index in [1.165, 1.54) is 66.9 Å². The second kappa shape index (κ2) is 22.1. The molecule has 0 spiro atoms. The lowest BCUT2D eigenvalue weighted by atomic mass is 9.72. The van der Waals surface area contributed by atoms with Crippen LogP contribution in [0.25, 0.3) is 21.5 Å². The molecule has 4 heterocycles. The van der Waals surface area contributed by atoms with Crippen LogP contribution in [0.2, 0.25) is 0 Å². The summed E-state index contributed by atoms with van der Waals surface area (Å²) in [6, 6.07) is 35.1. The van der Waals surface area contributed by atoms with Crippen LogP contribution in [0.15, 0.2) is 194 Å². The Hall–Kier alpha value is -7.70. The van der Waals surface area contributed by atoms with E-state index in [0.29, 0.717) is 11.5 Å². The third-order valence-electron chi connectivity index (χ3n) is 19.5. The van der Waals surface area contributed by atoms with Gasteiger partial charge in [0.2, 0.25) is 11.4 Å². The first-order chi connectivity index (χ1) is 38.5. The van der Waals surface area contributed by atoms with Gasteiger partial charge in [0, 0.05) is 82.5 Å². The molecule has 6 aromatic rings. The number of hydrogen-bond donors (Lipinski definition) is 2. The van der Waals surface area contributed by atoms with Gasteiger partial charge in [0.1, 0.15) is 25.6 Å². The Labute approximate surface area is 477 Å². The van der Waals surface area contributed by atoms with Crippen molar-refractivity contribution in [3.05, 3.63) is 227 Å². The summed E-state index contributed by atoms with van der Waals surface area (Å²) in [5.74, 6) is 0.674. The van der Waals surface area contributed by atoms with E-state index in [1.807, 2.05) is 26.0 Å². The number of nitrogens with zero attached hydrogens (tertiary/aromatic N) is 4. The molecule has 410 valence electrons. The molecule has 0 amide bonds. The second-order valence-corrected chi connectivity index (χ2v) is 23.5. The monoisotopic (exact) mass is 1060 g/mol. The average molecular weight is 1060 g/mol. The molecule has 10 rings (SSSR count). The number of rotatable bonds is 17. The lowest BCUT2D eigenvalue weighted by molar-refractivity contribution is -0.401. The predicted molar refractivity (Wildman–Crippen MR) is 341 cm³/mol. The zero-order valence-electron chi connectivity index (χ0n) is 49.7. The average Bonchev–Trinajstić information content (AvgIpc) is 4.02. The number of phenolic OH excluding ortho intramolecular Hbond substituents is 2. The van der Waals surface area contributed by atoms with Crippen LogP contribution in [0.1, 0.15) is 126 Å². The molecule has 0 radical (unpaired) electrons. The quantitative estimate of drug-likeness (QED) is 0.0543. The molecule has 0 aromatic heterocycles. The van der Waals surface area contributed by atoms with Gasteiger partial charge in [0.15, 0.2) is 11.4 Å². The van der Waals surface area contributed by atoms with Gasteiger partial charge in [0.25, 0.3) is 0 Å². The third kappa shape index (κ3) is 9.04. The standard InChI is InChI=1S/C74H82N4O2/c1-13-73(14-2)57-43-41-53-33-27-29-35-55(53)69(57)77(11)67(73)39-25-21-17-19-23-37-65-71(7,59-49-63(79)51(5)47-61(59)75(65)9)45-31-32-46-72(8)60-50-64(80)52(6)48-62(60)76(10)66(72)38-24-20-18-22-26-40-68-74(15-3,16-4)58-44-42-54-34-28-30-36-56(54)70(58)78(68)12/h17-30,33-44,47-50H,13-16,31-32,45-46H2,1-12H3/p+2. The summed E-state index contributed by atoms with van der Waals surface area (Å²) in [5.41, 5.74) is 16.3. The lowest BCUT2D eigenvalue weighted by Gasteiger charge is -2.30. The van der Waals surface area contributed by atoms with Crippen molar-refractivity contribution in [3.8, 4) is 11.5 Å². The molecule has 2 unspecified atom stereocenters. The highest BCUT2D eigenvalue weighted by Crippen LogP contribution is 2.56. The van der Waals surface area contributed by atoms with Crippen molar-refractivity contribution in [2.45, 2.75) is 128 Å². The van der Waals surface area contributed by atoms with Crippen LogP contribution in [0, 0.1) is 13.8 Å². The highest BCUT2D eigenvalue weighted by atomic mass is 16.3. The van der Waals surface area contributed by atoms with Crippen LogP contribution >= 0.6 is 0 Å². The number of anilines is 2. The van der Waals surface area contributed by atoms with E-state index in [0.717, 1.165) is 85.0 Å². The van der Waals surface area contributed by atoms with Crippen LogP contribution in [0.4, 0.5) is 22.7 Å². The summed E-state index contributed by atoms with van der Waals surface area (Å²) in [6.45, 7) is 17.9. The minimum atomic E-state index is -0.322. The zero-order valence-corrected chi connectivity index (χ0v) is 49.7. The normalized spacial score (nSPS) is 21.4. The molecule has 4 aliphatic rings. The first kappa shape index (κ1) is 55.6. The minimum absolute atomic E-state index is 0.0298. The SMILES string of the molecule is CCC1(CC)C(=CC=CC=CC=CC2=[N+](C)c3cc(C)c(O)cc3C2(C)CCCCC2(C)C(C=CC=CC=CC=C3N(C)c4c(ccc5ccccc45)C3(CC)CC)=[N+](C)c3cc(C)c(O)cc32)N(C)c2c1ccc1ccccc21. The summed E-state index contributed by atoms with van der Waals surface area (Å²) in [5, 5.41) is 27.5. The van der Waals surface area contributed by atoms with Crippen molar-refractivity contribution in [2.75, 3.05) is 38.0 Å². The number of phenols is 2. The molecule has 80 heavy (non-hydrogen) atoms. The molecule has 6 heteroatoms. The maximum Gasteiger partial charge on any atom is 0.210 e. The molecule has 0 saturated heterocycles. The van der Waals surface area contributed by atoms with Crippen molar-refractivity contribution in [2.24, 2.45) is 0 Å². The third-order valence-corrected chi connectivity index (χ3v) is 19.5. The molecule has 2 atom stereocenters. The molecular weight excluding hydrogens is 977 g/mol. The van der Waals surface area contributed by atoms with Crippen molar-refractivity contribution in [1.82, 2.24) is 0 Å². The lowest BCUT2D eigenvalue weighted by Crippen LogP contribution is -2.32. The van der Waals surface area contributed by atoms with Gasteiger partial charge in [-0.05, 0) is 124 Å². The van der Waals surface area contributed by atoms with Crippen molar-refractivity contribution in [3.63, 3.8) is 0 Å². The Balaban J connectivity index is 0.846. The maximum absolute atomic E-state index is 11.1. The highest BCUT2D eigenvalue weighted by Gasteiger charge is 2.50. The van der Waals surface area contributed by atoms with Gasteiger partial charge in [-0.25, -0.2) is 0 Å². The molecule has 0 aliphatic carbocycles.